The lowest BCUT2D eigenvalue weighted by molar-refractivity contribution is -0.143. The van der Waals surface area contributed by atoms with Crippen molar-refractivity contribution < 1.29 is 28.8 Å². The zero-order chi connectivity index (χ0) is 25.6. The first-order valence-electron chi connectivity index (χ1n) is 11.6. The van der Waals surface area contributed by atoms with E-state index in [1.54, 1.807) is 20.8 Å². The van der Waals surface area contributed by atoms with Crippen LogP contribution < -0.4 is 27.4 Å². The lowest BCUT2D eigenvalue weighted by atomic mass is 9.80. The van der Waals surface area contributed by atoms with Crippen LogP contribution in [0.1, 0.15) is 59.3 Å². The molecule has 0 aromatic heterocycles. The normalized spacial score (nSPS) is 20.0. The molecule has 2 unspecified atom stereocenters. The number of carbonyl (C=O) groups excluding carboxylic acids is 6. The van der Waals surface area contributed by atoms with Gasteiger partial charge in [-0.05, 0) is 30.6 Å². The highest BCUT2D eigenvalue weighted by Crippen LogP contribution is 2.31. The van der Waals surface area contributed by atoms with Gasteiger partial charge in [0, 0.05) is 6.54 Å². The van der Waals surface area contributed by atoms with Gasteiger partial charge in [-0.25, -0.2) is 4.79 Å². The summed E-state index contributed by atoms with van der Waals surface area (Å²) in [4.78, 5) is 74.8. The van der Waals surface area contributed by atoms with Gasteiger partial charge in [-0.2, -0.15) is 0 Å². The Morgan fingerprint density at radius 1 is 0.971 bits per heavy atom. The molecule has 0 radical (unpaired) electrons. The maximum Gasteiger partial charge on any atom is 0.315 e. The summed E-state index contributed by atoms with van der Waals surface area (Å²) >= 11 is 0. The molecule has 0 spiro atoms. The Bertz CT molecular complexity index is 834. The predicted molar refractivity (Wildman–Crippen MR) is 122 cm³/mol. The summed E-state index contributed by atoms with van der Waals surface area (Å²) in [5, 5.41) is 7.50. The number of nitrogens with two attached hydrogens (primary N) is 2. The van der Waals surface area contributed by atoms with Gasteiger partial charge in [0.05, 0.1) is 12.6 Å². The number of amides is 6. The summed E-state index contributed by atoms with van der Waals surface area (Å²) in [6, 6.07) is -3.60. The number of likely N-dealkylation sites (tertiary alicyclic amines) is 1. The summed E-state index contributed by atoms with van der Waals surface area (Å²) in [7, 11) is 0. The maximum absolute atomic E-state index is 13.4. The molecule has 0 bridgehead atoms. The third kappa shape index (κ3) is 7.16. The summed E-state index contributed by atoms with van der Waals surface area (Å²) < 4.78 is 0. The Hall–Kier alpha value is -3.18. The van der Waals surface area contributed by atoms with Crippen molar-refractivity contribution in [3.63, 3.8) is 0 Å². The van der Waals surface area contributed by atoms with E-state index in [-0.39, 0.29) is 12.5 Å². The summed E-state index contributed by atoms with van der Waals surface area (Å²) in [6.45, 7) is 5.19. The topological polar surface area (TPSA) is 194 Å². The second-order valence-electron chi connectivity index (χ2n) is 10.1. The van der Waals surface area contributed by atoms with Crippen molar-refractivity contribution in [1.29, 1.82) is 0 Å². The van der Waals surface area contributed by atoms with Crippen molar-refractivity contribution in [2.75, 3.05) is 13.1 Å². The molecule has 2 rings (SSSR count). The van der Waals surface area contributed by atoms with Gasteiger partial charge in [-0.3, -0.25) is 24.0 Å². The van der Waals surface area contributed by atoms with Crippen LogP contribution >= 0.6 is 0 Å². The van der Waals surface area contributed by atoms with Gasteiger partial charge in [0.2, 0.25) is 23.5 Å². The van der Waals surface area contributed by atoms with Gasteiger partial charge < -0.3 is 32.3 Å². The van der Waals surface area contributed by atoms with Crippen LogP contribution in [-0.2, 0) is 24.0 Å². The van der Waals surface area contributed by atoms with E-state index in [0.29, 0.717) is 25.8 Å². The molecule has 1 heterocycles. The molecule has 6 amide bonds. The Morgan fingerprint density at radius 2 is 1.62 bits per heavy atom. The van der Waals surface area contributed by atoms with Crippen molar-refractivity contribution in [2.24, 2.45) is 22.8 Å². The Morgan fingerprint density at radius 3 is 2.12 bits per heavy atom. The van der Waals surface area contributed by atoms with Crippen LogP contribution in [0.15, 0.2) is 0 Å². The number of rotatable bonds is 10. The highest BCUT2D eigenvalue weighted by molar-refractivity contribution is 6.37. The number of hydrogen-bond donors (Lipinski definition) is 5. The zero-order valence-corrected chi connectivity index (χ0v) is 20.0. The number of nitrogens with one attached hydrogen (secondary N) is 3. The second-order valence-corrected chi connectivity index (χ2v) is 10.1. The van der Waals surface area contributed by atoms with Crippen molar-refractivity contribution in [1.82, 2.24) is 20.9 Å². The van der Waals surface area contributed by atoms with E-state index in [1.807, 2.05) is 0 Å². The number of carbonyl (C=O) groups is 6. The van der Waals surface area contributed by atoms with Crippen molar-refractivity contribution in [3.8, 4) is 0 Å². The van der Waals surface area contributed by atoms with Crippen LogP contribution in [0.5, 0.6) is 0 Å². The Kier molecular flexibility index (Phi) is 9.00. The van der Waals surface area contributed by atoms with Crippen LogP contribution in [0.2, 0.25) is 0 Å². The minimum Gasteiger partial charge on any atom is -0.368 e. The summed E-state index contributed by atoms with van der Waals surface area (Å²) in [5.74, 6) is -3.44. The highest BCUT2D eigenvalue weighted by Gasteiger charge is 2.43. The molecule has 12 nitrogen and oxygen atoms in total. The van der Waals surface area contributed by atoms with Crippen molar-refractivity contribution >= 4 is 35.4 Å². The molecule has 2 fully saturated rings. The second kappa shape index (κ2) is 11.3. The fourth-order valence-corrected chi connectivity index (χ4v) is 4.20. The molecule has 190 valence electrons. The third-order valence-electron chi connectivity index (χ3n) is 6.32. The first-order chi connectivity index (χ1) is 15.8. The van der Waals surface area contributed by atoms with Crippen molar-refractivity contribution in [3.05, 3.63) is 0 Å². The van der Waals surface area contributed by atoms with Crippen molar-refractivity contribution in [2.45, 2.75) is 77.4 Å². The average Bonchev–Trinajstić information content (AvgIpc) is 3.20. The van der Waals surface area contributed by atoms with Crippen LogP contribution in [-0.4, -0.2) is 71.6 Å². The molecule has 3 atom stereocenters. The fourth-order valence-electron chi connectivity index (χ4n) is 4.20. The number of hydrogen-bond acceptors (Lipinski definition) is 6. The van der Waals surface area contributed by atoms with Gasteiger partial charge in [0.1, 0.15) is 12.1 Å². The van der Waals surface area contributed by atoms with Gasteiger partial charge >= 0.3 is 6.03 Å². The molecular weight excluding hydrogens is 444 g/mol. The fraction of sp³-hybridized carbons (Fsp3) is 0.727. The monoisotopic (exact) mass is 480 g/mol. The quantitative estimate of drug-likeness (QED) is 0.246. The first kappa shape index (κ1) is 27.1. The van der Waals surface area contributed by atoms with E-state index in [0.717, 1.165) is 19.3 Å². The highest BCUT2D eigenvalue weighted by atomic mass is 16.2. The molecule has 12 heteroatoms. The van der Waals surface area contributed by atoms with Gasteiger partial charge in [0.25, 0.3) is 5.91 Å². The van der Waals surface area contributed by atoms with Crippen LogP contribution in [0, 0.1) is 11.3 Å². The van der Waals surface area contributed by atoms with Crippen LogP contribution in [0.4, 0.5) is 4.79 Å². The molecule has 7 N–H and O–H groups in total. The molecular formula is C22H36N6O6. The van der Waals surface area contributed by atoms with Gasteiger partial charge in [-0.15, -0.1) is 0 Å². The minimum atomic E-state index is -1.11. The van der Waals surface area contributed by atoms with Crippen LogP contribution in [0.3, 0.4) is 0 Å². The van der Waals surface area contributed by atoms with E-state index >= 15 is 0 Å². The Labute approximate surface area is 198 Å². The number of nitrogens with zero attached hydrogens (tertiary/aromatic N) is 1. The number of Topliss-reactive ketones (excluding diaryl/α,β-unsaturated/α-hetero) is 1. The van der Waals surface area contributed by atoms with E-state index < -0.39 is 59.0 Å². The Balaban J connectivity index is 2.13. The molecule has 0 aromatic carbocycles. The molecule has 1 aliphatic carbocycles. The number of urea groups is 1. The minimum absolute atomic E-state index is 0.239. The lowest BCUT2D eigenvalue weighted by Gasteiger charge is -2.36. The van der Waals surface area contributed by atoms with E-state index in [2.05, 4.69) is 16.0 Å². The third-order valence-corrected chi connectivity index (χ3v) is 6.32. The van der Waals surface area contributed by atoms with Gasteiger partial charge in [-0.1, -0.05) is 40.0 Å². The van der Waals surface area contributed by atoms with E-state index in [4.69, 9.17) is 11.5 Å². The van der Waals surface area contributed by atoms with Crippen LogP contribution in [0.25, 0.3) is 0 Å². The SMILES string of the molecule is CC(C)(C)C(NC(=O)NCC(N)=O)C(=O)N1CCC[C@H]1C(=O)NC(CC1CCC1)C(=O)C(N)=O. The molecule has 1 saturated heterocycles. The molecule has 1 aliphatic heterocycles. The molecule has 1 saturated carbocycles. The summed E-state index contributed by atoms with van der Waals surface area (Å²) in [6.07, 6.45) is 4.15. The van der Waals surface area contributed by atoms with Gasteiger partial charge in [0.15, 0.2) is 0 Å². The van der Waals surface area contributed by atoms with E-state index in [9.17, 15) is 28.8 Å². The maximum atomic E-state index is 13.4. The number of ketones is 1. The molecule has 34 heavy (non-hydrogen) atoms. The largest absolute Gasteiger partial charge is 0.368 e. The predicted octanol–water partition coefficient (Wildman–Crippen LogP) is -1.09. The first-order valence-corrected chi connectivity index (χ1v) is 11.6. The zero-order valence-electron chi connectivity index (χ0n) is 20.0. The molecule has 0 aromatic rings. The smallest absolute Gasteiger partial charge is 0.315 e. The van der Waals surface area contributed by atoms with E-state index in [1.165, 1.54) is 4.90 Å². The average molecular weight is 481 g/mol. The number of primary amides is 2. The lowest BCUT2D eigenvalue weighted by Crippen LogP contribution is -2.60. The summed E-state index contributed by atoms with van der Waals surface area (Å²) in [5.41, 5.74) is 9.50. The molecule has 2 aliphatic rings. The standard InChI is InChI=1S/C22H36N6O6/c1-22(2,3)17(27-21(34)25-11-15(23)29)20(33)28-9-5-8-14(28)19(32)26-13(16(30)18(24)31)10-12-6-4-7-12/h12-14,17H,4-11H2,1-3H3,(H2,23,29)(H2,24,31)(H,26,32)(H2,25,27,34)/t13?,14-,17?/m0/s1.